The summed E-state index contributed by atoms with van der Waals surface area (Å²) in [7, 11) is 2.02. The van der Waals surface area contributed by atoms with Gasteiger partial charge >= 0.3 is 0 Å². The molecule has 2 unspecified atom stereocenters. The first kappa shape index (κ1) is 14.5. The molecule has 1 saturated heterocycles. The summed E-state index contributed by atoms with van der Waals surface area (Å²) in [6.07, 6.45) is 9.41. The van der Waals surface area contributed by atoms with Crippen molar-refractivity contribution in [2.45, 2.75) is 57.6 Å². The van der Waals surface area contributed by atoms with Gasteiger partial charge in [0, 0.05) is 31.6 Å². The van der Waals surface area contributed by atoms with Crippen molar-refractivity contribution in [3.8, 4) is 0 Å². The van der Waals surface area contributed by atoms with E-state index in [2.05, 4.69) is 23.4 Å². The van der Waals surface area contributed by atoms with E-state index >= 15 is 0 Å². The van der Waals surface area contributed by atoms with Crippen molar-refractivity contribution in [2.24, 2.45) is 7.05 Å². The van der Waals surface area contributed by atoms with Gasteiger partial charge in [0.2, 0.25) is 0 Å². The van der Waals surface area contributed by atoms with Crippen LogP contribution in [-0.2, 0) is 18.2 Å². The lowest BCUT2D eigenvalue weighted by atomic mass is 10.0. The average Bonchev–Trinajstić information content (AvgIpc) is 3.04. The Bertz CT molecular complexity index is 358. The molecule has 2 atom stereocenters. The van der Waals surface area contributed by atoms with E-state index in [0.29, 0.717) is 12.1 Å². The molecule has 1 fully saturated rings. The number of ether oxygens (including phenoxy) is 1. The molecule has 0 spiro atoms. The molecule has 4 heteroatoms. The van der Waals surface area contributed by atoms with Gasteiger partial charge in [-0.15, -0.1) is 0 Å². The van der Waals surface area contributed by atoms with Crippen molar-refractivity contribution in [2.75, 3.05) is 13.2 Å². The third kappa shape index (κ3) is 4.62. The molecule has 1 aromatic heterocycles. The van der Waals surface area contributed by atoms with Gasteiger partial charge in [0.1, 0.15) is 0 Å². The minimum Gasteiger partial charge on any atom is -0.378 e. The lowest BCUT2D eigenvalue weighted by molar-refractivity contribution is 0.0936. The summed E-state index contributed by atoms with van der Waals surface area (Å²) in [4.78, 5) is 0. The normalized spacial score (nSPS) is 20.8. The molecular formula is C15H27N3O. The van der Waals surface area contributed by atoms with E-state index < -0.39 is 0 Å². The second kappa shape index (κ2) is 7.65. The van der Waals surface area contributed by atoms with Gasteiger partial charge in [-0.05, 0) is 51.1 Å². The number of aryl methyl sites for hydroxylation is 2. The third-order valence-corrected chi connectivity index (χ3v) is 3.93. The fourth-order valence-corrected chi connectivity index (χ4v) is 2.77. The molecule has 1 aromatic rings. The molecule has 108 valence electrons. The van der Waals surface area contributed by atoms with Crippen LogP contribution in [0.1, 0.15) is 44.7 Å². The van der Waals surface area contributed by atoms with Gasteiger partial charge in [0.25, 0.3) is 0 Å². The first-order valence-electron chi connectivity index (χ1n) is 7.61. The maximum atomic E-state index is 5.77. The zero-order valence-electron chi connectivity index (χ0n) is 12.3. The number of nitrogens with zero attached hydrogens (tertiary/aromatic N) is 2. The maximum Gasteiger partial charge on any atom is 0.0590 e. The monoisotopic (exact) mass is 265 g/mol. The van der Waals surface area contributed by atoms with Crippen molar-refractivity contribution in [1.29, 1.82) is 0 Å². The highest BCUT2D eigenvalue weighted by Gasteiger charge is 2.20. The van der Waals surface area contributed by atoms with E-state index in [1.807, 2.05) is 17.9 Å². The summed E-state index contributed by atoms with van der Waals surface area (Å²) in [5, 5.41) is 7.90. The molecule has 0 amide bonds. The lowest BCUT2D eigenvalue weighted by Gasteiger charge is -2.21. The van der Waals surface area contributed by atoms with Crippen LogP contribution in [0.25, 0.3) is 0 Å². The minimum atomic E-state index is 0.473. The quantitative estimate of drug-likeness (QED) is 0.784. The molecule has 2 heterocycles. The highest BCUT2D eigenvalue weighted by molar-refractivity contribution is 5.00. The van der Waals surface area contributed by atoms with E-state index in [0.717, 1.165) is 26.0 Å². The number of nitrogens with one attached hydrogen (secondary N) is 1. The van der Waals surface area contributed by atoms with E-state index in [1.54, 1.807) is 0 Å². The molecule has 0 saturated carbocycles. The molecule has 1 aliphatic rings. The average molecular weight is 265 g/mol. The largest absolute Gasteiger partial charge is 0.378 e. The van der Waals surface area contributed by atoms with Gasteiger partial charge in [0.15, 0.2) is 0 Å². The van der Waals surface area contributed by atoms with Crippen LogP contribution >= 0.6 is 0 Å². The number of hydrogen-bond acceptors (Lipinski definition) is 3. The molecule has 0 radical (unpaired) electrons. The van der Waals surface area contributed by atoms with Crippen LogP contribution in [0.3, 0.4) is 0 Å². The molecular weight excluding hydrogens is 238 g/mol. The van der Waals surface area contributed by atoms with Gasteiger partial charge in [-0.3, -0.25) is 4.68 Å². The van der Waals surface area contributed by atoms with E-state index in [4.69, 9.17) is 4.74 Å². The van der Waals surface area contributed by atoms with Gasteiger partial charge in [0.05, 0.1) is 6.10 Å². The van der Waals surface area contributed by atoms with Crippen LogP contribution in [-0.4, -0.2) is 35.1 Å². The Hall–Kier alpha value is -0.870. The van der Waals surface area contributed by atoms with Crippen LogP contribution < -0.4 is 5.32 Å². The van der Waals surface area contributed by atoms with Crippen LogP contribution in [0.2, 0.25) is 0 Å². The van der Waals surface area contributed by atoms with Crippen molar-refractivity contribution >= 4 is 0 Å². The molecule has 4 nitrogen and oxygen atoms in total. The lowest BCUT2D eigenvalue weighted by Crippen LogP contribution is -2.33. The molecule has 1 aliphatic heterocycles. The topological polar surface area (TPSA) is 39.1 Å². The smallest absolute Gasteiger partial charge is 0.0590 e. The Kier molecular flexibility index (Phi) is 5.86. The summed E-state index contributed by atoms with van der Waals surface area (Å²) >= 11 is 0. The highest BCUT2D eigenvalue weighted by Crippen LogP contribution is 2.19. The van der Waals surface area contributed by atoms with Gasteiger partial charge in [-0.1, -0.05) is 6.92 Å². The van der Waals surface area contributed by atoms with Crippen LogP contribution in [0.5, 0.6) is 0 Å². The summed E-state index contributed by atoms with van der Waals surface area (Å²) in [6, 6.07) is 2.68. The second-order valence-electron chi connectivity index (χ2n) is 5.51. The SMILES string of the molecule is CCCNC(CCc1ccnn1C)CC1CCCO1. The maximum absolute atomic E-state index is 5.77. The van der Waals surface area contributed by atoms with Gasteiger partial charge < -0.3 is 10.1 Å². The Morgan fingerprint density at radius 2 is 2.47 bits per heavy atom. The summed E-state index contributed by atoms with van der Waals surface area (Å²) in [6.45, 7) is 4.27. The molecule has 0 aromatic carbocycles. The highest BCUT2D eigenvalue weighted by atomic mass is 16.5. The Morgan fingerprint density at radius 3 is 3.11 bits per heavy atom. The number of aromatic nitrogens is 2. The van der Waals surface area contributed by atoms with Gasteiger partial charge in [-0.2, -0.15) is 5.10 Å². The predicted octanol–water partition coefficient (Wildman–Crippen LogP) is 2.29. The molecule has 2 rings (SSSR count). The fraction of sp³-hybridized carbons (Fsp3) is 0.800. The summed E-state index contributed by atoms with van der Waals surface area (Å²) < 4.78 is 7.74. The molecule has 1 N–H and O–H groups in total. The third-order valence-electron chi connectivity index (χ3n) is 3.93. The van der Waals surface area contributed by atoms with Crippen molar-refractivity contribution < 1.29 is 4.74 Å². The fourth-order valence-electron chi connectivity index (χ4n) is 2.77. The zero-order valence-corrected chi connectivity index (χ0v) is 12.3. The first-order chi connectivity index (χ1) is 9.29. The van der Waals surface area contributed by atoms with Crippen LogP contribution in [0, 0.1) is 0 Å². The summed E-state index contributed by atoms with van der Waals surface area (Å²) in [5.74, 6) is 0. The summed E-state index contributed by atoms with van der Waals surface area (Å²) in [5.41, 5.74) is 1.32. The standard InChI is InChI=1S/C15H27N3O/c1-3-9-16-13(12-15-5-4-11-19-15)6-7-14-8-10-17-18(14)2/h8,10,13,15-16H,3-7,9,11-12H2,1-2H3. The molecule has 0 aliphatic carbocycles. The molecule has 0 bridgehead atoms. The zero-order chi connectivity index (χ0) is 13.5. The van der Waals surface area contributed by atoms with Gasteiger partial charge in [-0.25, -0.2) is 0 Å². The Balaban J connectivity index is 1.80. The van der Waals surface area contributed by atoms with E-state index in [-0.39, 0.29) is 0 Å². The minimum absolute atomic E-state index is 0.473. The first-order valence-corrected chi connectivity index (χ1v) is 7.61. The Morgan fingerprint density at radius 1 is 1.58 bits per heavy atom. The van der Waals surface area contributed by atoms with E-state index in [1.165, 1.54) is 31.4 Å². The van der Waals surface area contributed by atoms with E-state index in [9.17, 15) is 0 Å². The van der Waals surface area contributed by atoms with Crippen LogP contribution in [0.4, 0.5) is 0 Å². The van der Waals surface area contributed by atoms with Crippen LogP contribution in [0.15, 0.2) is 12.3 Å². The number of hydrogen-bond donors (Lipinski definition) is 1. The predicted molar refractivity (Wildman–Crippen MR) is 77.2 cm³/mol. The van der Waals surface area contributed by atoms with Crippen molar-refractivity contribution in [3.63, 3.8) is 0 Å². The second-order valence-corrected chi connectivity index (χ2v) is 5.51. The van der Waals surface area contributed by atoms with Crippen molar-refractivity contribution in [3.05, 3.63) is 18.0 Å². The Labute approximate surface area is 116 Å². The molecule has 19 heavy (non-hydrogen) atoms. The number of rotatable bonds is 8. The van der Waals surface area contributed by atoms with Crippen molar-refractivity contribution in [1.82, 2.24) is 15.1 Å².